The van der Waals surface area contributed by atoms with Crippen LogP contribution in [0.3, 0.4) is 0 Å². The smallest absolute Gasteiger partial charge is 0.234 e. The molecule has 2 rings (SSSR count). The van der Waals surface area contributed by atoms with Gasteiger partial charge in [-0.1, -0.05) is 12.1 Å². The molecule has 1 aliphatic rings. The Hall–Kier alpha value is -0.910. The maximum absolute atomic E-state index is 11.6. The third kappa shape index (κ3) is 2.37. The fraction of sp³-hybridized carbons (Fsp3) is 0.273. The molecule has 1 atom stereocenters. The van der Waals surface area contributed by atoms with E-state index in [0.717, 1.165) is 9.13 Å². The Labute approximate surface area is 101 Å². The van der Waals surface area contributed by atoms with Crippen LogP contribution in [-0.4, -0.2) is 11.8 Å². The van der Waals surface area contributed by atoms with Crippen molar-refractivity contribution in [2.75, 3.05) is 0 Å². The largest absolute Gasteiger partial charge is 0.296 e. The van der Waals surface area contributed by atoms with E-state index < -0.39 is 0 Å². The SMILES string of the molecule is O=C1CCC(c2cccc(I)c2)C(=O)N1. The number of piperidine rings is 1. The molecule has 78 valence electrons. The first-order chi connectivity index (χ1) is 7.16. The summed E-state index contributed by atoms with van der Waals surface area (Å²) in [6.45, 7) is 0. The van der Waals surface area contributed by atoms with E-state index in [1.165, 1.54) is 0 Å². The van der Waals surface area contributed by atoms with E-state index in [0.29, 0.717) is 12.8 Å². The third-order valence-electron chi connectivity index (χ3n) is 2.49. The van der Waals surface area contributed by atoms with Crippen LogP contribution in [0.2, 0.25) is 0 Å². The van der Waals surface area contributed by atoms with Crippen LogP contribution in [-0.2, 0) is 9.59 Å². The first-order valence-electron chi connectivity index (χ1n) is 4.76. The van der Waals surface area contributed by atoms with Gasteiger partial charge in [0.15, 0.2) is 0 Å². The summed E-state index contributed by atoms with van der Waals surface area (Å²) >= 11 is 2.21. The lowest BCUT2D eigenvalue weighted by Gasteiger charge is -2.21. The first kappa shape index (κ1) is 10.6. The monoisotopic (exact) mass is 315 g/mol. The maximum atomic E-state index is 11.6. The summed E-state index contributed by atoms with van der Waals surface area (Å²) in [4.78, 5) is 22.6. The normalized spacial score (nSPS) is 21.3. The van der Waals surface area contributed by atoms with Gasteiger partial charge in [-0.25, -0.2) is 0 Å². The van der Waals surface area contributed by atoms with Gasteiger partial charge >= 0.3 is 0 Å². The summed E-state index contributed by atoms with van der Waals surface area (Å²) in [6.07, 6.45) is 1.05. The molecule has 0 spiro atoms. The Morgan fingerprint density at radius 1 is 1.33 bits per heavy atom. The lowest BCUT2D eigenvalue weighted by Crippen LogP contribution is -2.39. The van der Waals surface area contributed by atoms with E-state index in [-0.39, 0.29) is 17.7 Å². The van der Waals surface area contributed by atoms with E-state index in [4.69, 9.17) is 0 Å². The van der Waals surface area contributed by atoms with Crippen molar-refractivity contribution in [1.82, 2.24) is 5.32 Å². The summed E-state index contributed by atoms with van der Waals surface area (Å²) < 4.78 is 1.11. The highest BCUT2D eigenvalue weighted by Gasteiger charge is 2.27. The molecular weight excluding hydrogens is 305 g/mol. The fourth-order valence-corrected chi connectivity index (χ4v) is 2.30. The number of carbonyl (C=O) groups is 2. The van der Waals surface area contributed by atoms with E-state index in [1.807, 2.05) is 24.3 Å². The second-order valence-corrected chi connectivity index (χ2v) is 4.80. The topological polar surface area (TPSA) is 46.2 Å². The molecule has 1 saturated heterocycles. The van der Waals surface area contributed by atoms with Crippen LogP contribution < -0.4 is 5.32 Å². The first-order valence-corrected chi connectivity index (χ1v) is 5.84. The van der Waals surface area contributed by atoms with Crippen molar-refractivity contribution < 1.29 is 9.59 Å². The Morgan fingerprint density at radius 2 is 2.13 bits per heavy atom. The Kier molecular flexibility index (Phi) is 3.04. The number of imide groups is 1. The molecule has 2 amide bonds. The van der Waals surface area contributed by atoms with Gasteiger partial charge in [0.1, 0.15) is 0 Å². The molecule has 1 N–H and O–H groups in total. The molecule has 3 nitrogen and oxygen atoms in total. The summed E-state index contributed by atoms with van der Waals surface area (Å²) in [5.74, 6) is -0.507. The fourth-order valence-electron chi connectivity index (χ4n) is 1.73. The quantitative estimate of drug-likeness (QED) is 0.635. The summed E-state index contributed by atoms with van der Waals surface area (Å²) in [7, 11) is 0. The molecule has 0 aromatic heterocycles. The zero-order valence-electron chi connectivity index (χ0n) is 8.00. The highest BCUT2D eigenvalue weighted by Crippen LogP contribution is 2.25. The molecular formula is C11H10INO2. The minimum atomic E-state index is -0.173. The van der Waals surface area contributed by atoms with Crippen LogP contribution in [0.25, 0.3) is 0 Å². The van der Waals surface area contributed by atoms with Crippen LogP contribution in [0.4, 0.5) is 0 Å². The second kappa shape index (κ2) is 4.30. The van der Waals surface area contributed by atoms with Crippen LogP contribution >= 0.6 is 22.6 Å². The highest BCUT2D eigenvalue weighted by atomic mass is 127. The van der Waals surface area contributed by atoms with Gasteiger partial charge in [-0.3, -0.25) is 14.9 Å². The van der Waals surface area contributed by atoms with Crippen molar-refractivity contribution in [3.8, 4) is 0 Å². The van der Waals surface area contributed by atoms with Crippen LogP contribution in [0.1, 0.15) is 24.3 Å². The molecule has 1 aromatic carbocycles. The van der Waals surface area contributed by atoms with Crippen molar-refractivity contribution in [2.24, 2.45) is 0 Å². The zero-order valence-corrected chi connectivity index (χ0v) is 10.2. The molecule has 0 aliphatic carbocycles. The third-order valence-corrected chi connectivity index (χ3v) is 3.16. The van der Waals surface area contributed by atoms with Gasteiger partial charge in [-0.15, -0.1) is 0 Å². The van der Waals surface area contributed by atoms with Crippen molar-refractivity contribution in [2.45, 2.75) is 18.8 Å². The predicted molar refractivity (Wildman–Crippen MR) is 64.3 cm³/mol. The maximum Gasteiger partial charge on any atom is 0.234 e. The Bertz CT molecular complexity index is 417. The second-order valence-electron chi connectivity index (χ2n) is 3.56. The minimum Gasteiger partial charge on any atom is -0.296 e. The zero-order chi connectivity index (χ0) is 10.8. The molecule has 1 aromatic rings. The van der Waals surface area contributed by atoms with Gasteiger partial charge in [0, 0.05) is 9.99 Å². The van der Waals surface area contributed by atoms with E-state index in [2.05, 4.69) is 27.9 Å². The van der Waals surface area contributed by atoms with Gasteiger partial charge in [0.2, 0.25) is 11.8 Å². The molecule has 15 heavy (non-hydrogen) atoms. The van der Waals surface area contributed by atoms with Gasteiger partial charge in [-0.2, -0.15) is 0 Å². The van der Waals surface area contributed by atoms with E-state index in [1.54, 1.807) is 0 Å². The molecule has 0 radical (unpaired) electrons. The van der Waals surface area contributed by atoms with Crippen molar-refractivity contribution >= 4 is 34.4 Å². The number of hydrogen-bond acceptors (Lipinski definition) is 2. The molecule has 1 heterocycles. The van der Waals surface area contributed by atoms with Crippen LogP contribution in [0.15, 0.2) is 24.3 Å². The molecule has 1 fully saturated rings. The minimum absolute atomic E-state index is 0.165. The van der Waals surface area contributed by atoms with Crippen LogP contribution in [0, 0.1) is 3.57 Å². The lowest BCUT2D eigenvalue weighted by molar-refractivity contribution is -0.134. The molecule has 4 heteroatoms. The number of rotatable bonds is 1. The van der Waals surface area contributed by atoms with E-state index in [9.17, 15) is 9.59 Å². The Morgan fingerprint density at radius 3 is 2.80 bits per heavy atom. The number of amides is 2. The average molecular weight is 315 g/mol. The Balaban J connectivity index is 2.24. The average Bonchev–Trinajstić information content (AvgIpc) is 2.17. The number of hydrogen-bond donors (Lipinski definition) is 1. The van der Waals surface area contributed by atoms with E-state index >= 15 is 0 Å². The number of halogens is 1. The predicted octanol–water partition coefficient (Wildman–Crippen LogP) is 1.81. The summed E-state index contributed by atoms with van der Waals surface area (Å²) in [5, 5.41) is 2.37. The highest BCUT2D eigenvalue weighted by molar-refractivity contribution is 14.1. The van der Waals surface area contributed by atoms with Crippen LogP contribution in [0.5, 0.6) is 0 Å². The van der Waals surface area contributed by atoms with Gasteiger partial charge in [-0.05, 0) is 46.7 Å². The number of carbonyl (C=O) groups excluding carboxylic acids is 2. The summed E-state index contributed by atoms with van der Waals surface area (Å²) in [6, 6.07) is 7.83. The summed E-state index contributed by atoms with van der Waals surface area (Å²) in [5.41, 5.74) is 0.993. The standard InChI is InChI=1S/C11H10INO2/c12-8-3-1-2-7(6-8)9-4-5-10(14)13-11(9)15/h1-3,6,9H,4-5H2,(H,13,14,15). The molecule has 0 saturated carbocycles. The lowest BCUT2D eigenvalue weighted by atomic mass is 9.91. The van der Waals surface area contributed by atoms with Crippen molar-refractivity contribution in [3.05, 3.63) is 33.4 Å². The molecule has 1 aliphatic heterocycles. The number of benzene rings is 1. The molecule has 1 unspecified atom stereocenters. The van der Waals surface area contributed by atoms with Gasteiger partial charge in [0.25, 0.3) is 0 Å². The van der Waals surface area contributed by atoms with Crippen molar-refractivity contribution in [1.29, 1.82) is 0 Å². The number of nitrogens with one attached hydrogen (secondary N) is 1. The van der Waals surface area contributed by atoms with Gasteiger partial charge in [0.05, 0.1) is 5.92 Å². The molecule has 0 bridgehead atoms. The van der Waals surface area contributed by atoms with Crippen molar-refractivity contribution in [3.63, 3.8) is 0 Å². The van der Waals surface area contributed by atoms with Gasteiger partial charge < -0.3 is 0 Å².